The van der Waals surface area contributed by atoms with Gasteiger partial charge in [-0.1, -0.05) is 12.8 Å². The number of fused-ring (bicyclic) bond motifs is 1. The van der Waals surface area contributed by atoms with Gasteiger partial charge in [0.2, 0.25) is 5.91 Å². The van der Waals surface area contributed by atoms with Crippen molar-refractivity contribution < 1.29 is 4.79 Å². The molecule has 1 amide bonds. The fourth-order valence-electron chi connectivity index (χ4n) is 2.52. The standard InChI is InChI=1S/C10H18N2O/c1-6(10(11)13)12-9-4-2-3-7-5-8(7)9/h6-9,12H,2-5H2,1H3,(H2,11,13)/t6?,7-,8+,9?/m0/s1. The van der Waals surface area contributed by atoms with Crippen molar-refractivity contribution in [1.82, 2.24) is 5.32 Å². The summed E-state index contributed by atoms with van der Waals surface area (Å²) in [6.07, 6.45) is 5.29. The van der Waals surface area contributed by atoms with Crippen LogP contribution < -0.4 is 11.1 Å². The minimum Gasteiger partial charge on any atom is -0.368 e. The zero-order valence-electron chi connectivity index (χ0n) is 8.12. The van der Waals surface area contributed by atoms with Gasteiger partial charge in [0.05, 0.1) is 6.04 Å². The van der Waals surface area contributed by atoms with Crippen LogP contribution in [0.2, 0.25) is 0 Å². The van der Waals surface area contributed by atoms with Gasteiger partial charge < -0.3 is 11.1 Å². The predicted octanol–water partition coefficient (Wildman–Crippen LogP) is 0.638. The second-order valence-corrected chi connectivity index (χ2v) is 4.49. The lowest BCUT2D eigenvalue weighted by molar-refractivity contribution is -0.119. The molecule has 3 N–H and O–H groups in total. The van der Waals surface area contributed by atoms with Crippen molar-refractivity contribution in [1.29, 1.82) is 0 Å². The van der Waals surface area contributed by atoms with Crippen LogP contribution in [0.4, 0.5) is 0 Å². The smallest absolute Gasteiger partial charge is 0.234 e. The van der Waals surface area contributed by atoms with Crippen LogP contribution in [0.5, 0.6) is 0 Å². The van der Waals surface area contributed by atoms with Crippen LogP contribution >= 0.6 is 0 Å². The SMILES string of the molecule is CC(NC1CCC[C@H]2C[C@@H]12)C(N)=O. The summed E-state index contributed by atoms with van der Waals surface area (Å²) in [7, 11) is 0. The van der Waals surface area contributed by atoms with E-state index in [2.05, 4.69) is 5.32 Å². The highest BCUT2D eigenvalue weighted by Crippen LogP contribution is 2.49. The monoisotopic (exact) mass is 182 g/mol. The highest BCUT2D eigenvalue weighted by molar-refractivity contribution is 5.79. The average Bonchev–Trinajstić information content (AvgIpc) is 2.83. The molecular formula is C10H18N2O. The summed E-state index contributed by atoms with van der Waals surface area (Å²) in [5.41, 5.74) is 5.21. The minimum atomic E-state index is -0.234. The summed E-state index contributed by atoms with van der Waals surface area (Å²) < 4.78 is 0. The molecule has 3 heteroatoms. The molecule has 0 heterocycles. The van der Waals surface area contributed by atoms with Gasteiger partial charge in [0.1, 0.15) is 0 Å². The van der Waals surface area contributed by atoms with E-state index in [-0.39, 0.29) is 11.9 Å². The van der Waals surface area contributed by atoms with Gasteiger partial charge in [0, 0.05) is 6.04 Å². The Morgan fingerprint density at radius 1 is 1.54 bits per heavy atom. The largest absolute Gasteiger partial charge is 0.368 e. The molecule has 2 rings (SSSR count). The second kappa shape index (κ2) is 3.29. The van der Waals surface area contributed by atoms with Gasteiger partial charge in [0.15, 0.2) is 0 Å². The molecule has 0 radical (unpaired) electrons. The number of hydrogen-bond acceptors (Lipinski definition) is 2. The van der Waals surface area contributed by atoms with Crippen molar-refractivity contribution in [2.45, 2.75) is 44.7 Å². The Bertz CT molecular complexity index is 217. The Balaban J connectivity index is 1.84. The maximum Gasteiger partial charge on any atom is 0.234 e. The van der Waals surface area contributed by atoms with Crippen LogP contribution in [0, 0.1) is 11.8 Å². The molecule has 3 nitrogen and oxygen atoms in total. The van der Waals surface area contributed by atoms with Crippen molar-refractivity contribution in [3.63, 3.8) is 0 Å². The Labute approximate surface area is 79.1 Å². The third-order valence-electron chi connectivity index (χ3n) is 3.48. The lowest BCUT2D eigenvalue weighted by atomic mass is 9.95. The van der Waals surface area contributed by atoms with E-state index in [4.69, 9.17) is 5.73 Å². The lowest BCUT2D eigenvalue weighted by Gasteiger charge is -2.25. The van der Waals surface area contributed by atoms with Crippen LogP contribution in [0.25, 0.3) is 0 Å². The molecular weight excluding hydrogens is 164 g/mol. The molecule has 2 aliphatic carbocycles. The Morgan fingerprint density at radius 2 is 2.31 bits per heavy atom. The molecule has 0 spiro atoms. The number of carbonyl (C=O) groups is 1. The molecule has 74 valence electrons. The third-order valence-corrected chi connectivity index (χ3v) is 3.48. The zero-order chi connectivity index (χ0) is 9.42. The number of nitrogens with one attached hydrogen (secondary N) is 1. The van der Waals surface area contributed by atoms with Gasteiger partial charge in [0.25, 0.3) is 0 Å². The minimum absolute atomic E-state index is 0.163. The van der Waals surface area contributed by atoms with Crippen molar-refractivity contribution >= 4 is 5.91 Å². The van der Waals surface area contributed by atoms with Gasteiger partial charge in [-0.2, -0.15) is 0 Å². The van der Waals surface area contributed by atoms with E-state index in [0.29, 0.717) is 6.04 Å². The van der Waals surface area contributed by atoms with E-state index in [1.807, 2.05) is 6.92 Å². The average molecular weight is 182 g/mol. The van der Waals surface area contributed by atoms with Crippen molar-refractivity contribution in [2.75, 3.05) is 0 Å². The van der Waals surface area contributed by atoms with E-state index in [0.717, 1.165) is 11.8 Å². The van der Waals surface area contributed by atoms with Crippen molar-refractivity contribution in [3.8, 4) is 0 Å². The molecule has 4 atom stereocenters. The van der Waals surface area contributed by atoms with Gasteiger partial charge >= 0.3 is 0 Å². The maximum atomic E-state index is 10.9. The summed E-state index contributed by atoms with van der Waals surface area (Å²) in [5.74, 6) is 1.56. The van der Waals surface area contributed by atoms with Gasteiger partial charge in [-0.05, 0) is 31.6 Å². The van der Waals surface area contributed by atoms with Gasteiger partial charge in [-0.3, -0.25) is 4.79 Å². The molecule has 0 aliphatic heterocycles. The first kappa shape index (κ1) is 9.00. The number of carbonyl (C=O) groups excluding carboxylic acids is 1. The van der Waals surface area contributed by atoms with E-state index < -0.39 is 0 Å². The van der Waals surface area contributed by atoms with E-state index >= 15 is 0 Å². The van der Waals surface area contributed by atoms with Crippen molar-refractivity contribution in [2.24, 2.45) is 17.6 Å². The number of primary amides is 1. The summed E-state index contributed by atoms with van der Waals surface area (Å²) in [5, 5.41) is 3.34. The number of nitrogens with two attached hydrogens (primary N) is 1. The fourth-order valence-corrected chi connectivity index (χ4v) is 2.52. The Hall–Kier alpha value is -0.570. The molecule has 2 fully saturated rings. The molecule has 0 saturated heterocycles. The van der Waals surface area contributed by atoms with Gasteiger partial charge in [-0.15, -0.1) is 0 Å². The van der Waals surface area contributed by atoms with Crippen LogP contribution in [-0.2, 0) is 4.79 Å². The first-order valence-electron chi connectivity index (χ1n) is 5.24. The normalized spacial score (nSPS) is 39.3. The van der Waals surface area contributed by atoms with Crippen LogP contribution in [0.1, 0.15) is 32.6 Å². The topological polar surface area (TPSA) is 55.1 Å². The quantitative estimate of drug-likeness (QED) is 0.673. The predicted molar refractivity (Wildman–Crippen MR) is 51.0 cm³/mol. The summed E-state index contributed by atoms with van der Waals surface area (Å²) in [6, 6.07) is 0.394. The Kier molecular flexibility index (Phi) is 2.28. The number of rotatable bonds is 3. The lowest BCUT2D eigenvalue weighted by Crippen LogP contribution is -2.46. The number of hydrogen-bond donors (Lipinski definition) is 2. The summed E-state index contributed by atoms with van der Waals surface area (Å²) in [6.45, 7) is 1.86. The zero-order valence-corrected chi connectivity index (χ0v) is 8.12. The molecule has 0 aromatic carbocycles. The fraction of sp³-hybridized carbons (Fsp3) is 0.900. The van der Waals surface area contributed by atoms with Crippen LogP contribution in [0.15, 0.2) is 0 Å². The number of amides is 1. The Morgan fingerprint density at radius 3 is 3.00 bits per heavy atom. The van der Waals surface area contributed by atoms with Gasteiger partial charge in [-0.25, -0.2) is 0 Å². The van der Waals surface area contributed by atoms with E-state index in [1.165, 1.54) is 25.7 Å². The third kappa shape index (κ3) is 1.85. The molecule has 2 saturated carbocycles. The molecule has 0 aromatic heterocycles. The molecule has 2 aliphatic rings. The summed E-state index contributed by atoms with van der Waals surface area (Å²) in [4.78, 5) is 10.9. The first-order valence-corrected chi connectivity index (χ1v) is 5.24. The highest BCUT2D eigenvalue weighted by Gasteiger charge is 2.45. The van der Waals surface area contributed by atoms with E-state index in [9.17, 15) is 4.79 Å². The van der Waals surface area contributed by atoms with Crippen molar-refractivity contribution in [3.05, 3.63) is 0 Å². The molecule has 13 heavy (non-hydrogen) atoms. The molecule has 0 bridgehead atoms. The van der Waals surface area contributed by atoms with Crippen LogP contribution in [-0.4, -0.2) is 18.0 Å². The second-order valence-electron chi connectivity index (χ2n) is 4.49. The summed E-state index contributed by atoms with van der Waals surface area (Å²) >= 11 is 0. The van der Waals surface area contributed by atoms with Crippen LogP contribution in [0.3, 0.4) is 0 Å². The van der Waals surface area contributed by atoms with E-state index in [1.54, 1.807) is 0 Å². The molecule has 0 aromatic rings. The highest BCUT2D eigenvalue weighted by atomic mass is 16.1. The maximum absolute atomic E-state index is 10.9. The first-order chi connectivity index (χ1) is 6.18. The molecule has 2 unspecified atom stereocenters.